The Morgan fingerprint density at radius 3 is 2.67 bits per heavy atom. The summed E-state index contributed by atoms with van der Waals surface area (Å²) in [6.45, 7) is 2.41. The lowest BCUT2D eigenvalue weighted by Gasteiger charge is -2.34. The van der Waals surface area contributed by atoms with Crippen molar-refractivity contribution in [3.8, 4) is 0 Å². The van der Waals surface area contributed by atoms with E-state index in [4.69, 9.17) is 11.6 Å². The van der Waals surface area contributed by atoms with Gasteiger partial charge in [0, 0.05) is 17.5 Å². The van der Waals surface area contributed by atoms with Crippen molar-refractivity contribution in [2.45, 2.75) is 62.9 Å². The van der Waals surface area contributed by atoms with Crippen LogP contribution in [-0.4, -0.2) is 17.5 Å². The normalized spacial score (nSPS) is 54.8. The van der Waals surface area contributed by atoms with Crippen LogP contribution in [0.4, 0.5) is 0 Å². The number of nitrogens with one attached hydrogen (secondary N) is 1. The van der Waals surface area contributed by atoms with E-state index in [1.807, 2.05) is 0 Å². The van der Waals surface area contributed by atoms with Gasteiger partial charge in [-0.2, -0.15) is 0 Å². The van der Waals surface area contributed by atoms with Crippen LogP contribution in [0.25, 0.3) is 0 Å². The predicted octanol–water partition coefficient (Wildman–Crippen LogP) is 3.17. The summed E-state index contributed by atoms with van der Waals surface area (Å²) in [5.41, 5.74) is 0. The largest absolute Gasteiger partial charge is 0.311 e. The molecule has 86 valence electrons. The lowest BCUT2D eigenvalue weighted by Crippen LogP contribution is -2.36. The molecule has 0 spiro atoms. The molecule has 3 rings (SSSR count). The lowest BCUT2D eigenvalue weighted by atomic mass is 9.71. The van der Waals surface area contributed by atoms with Crippen molar-refractivity contribution >= 4 is 11.6 Å². The number of hydrogen-bond donors (Lipinski definition) is 1. The molecule has 6 unspecified atom stereocenters. The molecular formula is C13H22ClN. The second-order valence-electron chi connectivity index (χ2n) is 6.04. The maximum atomic E-state index is 6.32. The molecule has 3 aliphatic rings. The van der Waals surface area contributed by atoms with Gasteiger partial charge in [-0.3, -0.25) is 0 Å². The molecule has 1 saturated heterocycles. The fraction of sp³-hybridized carbons (Fsp3) is 1.00. The molecule has 0 bridgehead atoms. The Kier molecular flexibility index (Phi) is 2.72. The Bertz CT molecular complexity index is 243. The minimum atomic E-state index is 0.464. The van der Waals surface area contributed by atoms with Crippen LogP contribution >= 0.6 is 11.6 Å². The average molecular weight is 228 g/mol. The number of rotatable bonds is 0. The zero-order valence-corrected chi connectivity index (χ0v) is 10.3. The summed E-state index contributed by atoms with van der Waals surface area (Å²) in [5.74, 6) is 2.79. The molecule has 15 heavy (non-hydrogen) atoms. The van der Waals surface area contributed by atoms with Crippen molar-refractivity contribution in [1.29, 1.82) is 0 Å². The Labute approximate surface area is 98.0 Å². The van der Waals surface area contributed by atoms with Crippen LogP contribution in [0.5, 0.6) is 0 Å². The average Bonchev–Trinajstić information content (AvgIpc) is 2.54. The molecule has 2 saturated carbocycles. The van der Waals surface area contributed by atoms with Gasteiger partial charge in [-0.1, -0.05) is 13.3 Å². The van der Waals surface area contributed by atoms with Crippen LogP contribution in [-0.2, 0) is 0 Å². The van der Waals surface area contributed by atoms with Crippen molar-refractivity contribution in [3.63, 3.8) is 0 Å². The lowest BCUT2D eigenvalue weighted by molar-refractivity contribution is 0.205. The highest BCUT2D eigenvalue weighted by Gasteiger charge is 2.46. The van der Waals surface area contributed by atoms with Gasteiger partial charge in [-0.05, 0) is 49.9 Å². The van der Waals surface area contributed by atoms with Gasteiger partial charge in [-0.15, -0.1) is 11.6 Å². The molecule has 0 radical (unpaired) electrons. The Balaban J connectivity index is 1.73. The summed E-state index contributed by atoms with van der Waals surface area (Å²) in [4.78, 5) is 0. The Hall–Kier alpha value is 0.250. The number of halogens is 1. The molecule has 0 amide bonds. The van der Waals surface area contributed by atoms with Crippen LogP contribution in [0.3, 0.4) is 0 Å². The van der Waals surface area contributed by atoms with Gasteiger partial charge in [0.1, 0.15) is 0 Å². The monoisotopic (exact) mass is 227 g/mol. The van der Waals surface area contributed by atoms with Crippen LogP contribution in [0.2, 0.25) is 0 Å². The number of hydrogen-bond acceptors (Lipinski definition) is 1. The van der Waals surface area contributed by atoms with E-state index in [0.29, 0.717) is 5.38 Å². The van der Waals surface area contributed by atoms with E-state index < -0.39 is 0 Å². The number of alkyl halides is 1. The van der Waals surface area contributed by atoms with Crippen LogP contribution < -0.4 is 5.32 Å². The second kappa shape index (κ2) is 3.92. The topological polar surface area (TPSA) is 12.0 Å². The fourth-order valence-electron chi connectivity index (χ4n) is 4.22. The van der Waals surface area contributed by atoms with Gasteiger partial charge in [0.2, 0.25) is 0 Å². The molecule has 1 N–H and O–H groups in total. The first-order chi connectivity index (χ1) is 7.24. The predicted molar refractivity (Wildman–Crippen MR) is 64.2 cm³/mol. The second-order valence-corrected chi connectivity index (χ2v) is 6.65. The minimum absolute atomic E-state index is 0.464. The third-order valence-electron chi connectivity index (χ3n) is 4.98. The van der Waals surface area contributed by atoms with E-state index in [1.54, 1.807) is 0 Å². The van der Waals surface area contributed by atoms with Gasteiger partial charge in [0.05, 0.1) is 0 Å². The summed E-state index contributed by atoms with van der Waals surface area (Å²) in [5, 5.41) is 4.35. The number of fused-ring (bicyclic) bond motifs is 3. The fourth-order valence-corrected chi connectivity index (χ4v) is 4.55. The van der Waals surface area contributed by atoms with Crippen molar-refractivity contribution in [2.75, 3.05) is 0 Å². The molecule has 1 heterocycles. The Morgan fingerprint density at radius 1 is 0.933 bits per heavy atom. The maximum absolute atomic E-state index is 6.32. The van der Waals surface area contributed by atoms with Crippen LogP contribution in [0, 0.1) is 17.8 Å². The van der Waals surface area contributed by atoms with Gasteiger partial charge < -0.3 is 5.32 Å². The smallest absolute Gasteiger partial charge is 0.0340 e. The first-order valence-electron chi connectivity index (χ1n) is 6.64. The molecular weight excluding hydrogens is 206 g/mol. The summed E-state index contributed by atoms with van der Waals surface area (Å²) in [6.07, 6.45) is 8.12. The first-order valence-corrected chi connectivity index (χ1v) is 7.08. The molecule has 0 aromatic carbocycles. The molecule has 2 aliphatic carbocycles. The van der Waals surface area contributed by atoms with Gasteiger partial charge >= 0.3 is 0 Å². The van der Waals surface area contributed by atoms with Gasteiger partial charge in [0.15, 0.2) is 0 Å². The van der Waals surface area contributed by atoms with Crippen LogP contribution in [0.15, 0.2) is 0 Å². The summed E-state index contributed by atoms with van der Waals surface area (Å²) < 4.78 is 0. The van der Waals surface area contributed by atoms with Crippen molar-refractivity contribution < 1.29 is 0 Å². The molecule has 1 nitrogen and oxygen atoms in total. The van der Waals surface area contributed by atoms with Gasteiger partial charge in [-0.25, -0.2) is 0 Å². The molecule has 0 aromatic rings. The molecule has 2 heteroatoms. The summed E-state index contributed by atoms with van der Waals surface area (Å²) >= 11 is 6.32. The molecule has 6 atom stereocenters. The zero-order valence-electron chi connectivity index (χ0n) is 9.58. The van der Waals surface area contributed by atoms with Crippen molar-refractivity contribution in [1.82, 2.24) is 5.32 Å². The van der Waals surface area contributed by atoms with Crippen molar-refractivity contribution in [2.24, 2.45) is 17.8 Å². The molecule has 3 fully saturated rings. The highest BCUT2D eigenvalue weighted by Crippen LogP contribution is 2.45. The van der Waals surface area contributed by atoms with E-state index >= 15 is 0 Å². The SMILES string of the molecule is CC1CCC2C(C1)NC1CCC(Cl)CC12. The molecule has 1 aliphatic heterocycles. The zero-order chi connectivity index (χ0) is 10.4. The highest BCUT2D eigenvalue weighted by atomic mass is 35.5. The maximum Gasteiger partial charge on any atom is 0.0340 e. The van der Waals surface area contributed by atoms with E-state index in [0.717, 1.165) is 29.8 Å². The van der Waals surface area contributed by atoms with E-state index in [9.17, 15) is 0 Å². The van der Waals surface area contributed by atoms with E-state index in [1.165, 1.54) is 38.5 Å². The third kappa shape index (κ3) is 1.82. The van der Waals surface area contributed by atoms with E-state index in [-0.39, 0.29) is 0 Å². The molecule has 0 aromatic heterocycles. The summed E-state index contributed by atoms with van der Waals surface area (Å²) in [7, 11) is 0. The standard InChI is InChI=1S/C13H22ClN/c1-8-2-4-10-11-7-9(14)3-5-12(11)15-13(10)6-8/h8-13,15H,2-7H2,1H3. The summed E-state index contributed by atoms with van der Waals surface area (Å²) in [6, 6.07) is 1.63. The van der Waals surface area contributed by atoms with Crippen molar-refractivity contribution in [3.05, 3.63) is 0 Å². The Morgan fingerprint density at radius 2 is 1.80 bits per heavy atom. The van der Waals surface area contributed by atoms with E-state index in [2.05, 4.69) is 12.2 Å². The first kappa shape index (κ1) is 10.4. The minimum Gasteiger partial charge on any atom is -0.311 e. The van der Waals surface area contributed by atoms with Crippen LogP contribution in [0.1, 0.15) is 45.4 Å². The van der Waals surface area contributed by atoms with Gasteiger partial charge in [0.25, 0.3) is 0 Å². The third-order valence-corrected chi connectivity index (χ3v) is 5.38. The highest BCUT2D eigenvalue weighted by molar-refractivity contribution is 6.20. The quantitative estimate of drug-likeness (QED) is 0.627.